The van der Waals surface area contributed by atoms with Crippen molar-refractivity contribution in [2.45, 2.75) is 64.8 Å². The van der Waals surface area contributed by atoms with Crippen LogP contribution in [0.1, 0.15) is 59.3 Å². The van der Waals surface area contributed by atoms with Crippen molar-refractivity contribution in [2.75, 3.05) is 18.8 Å². The van der Waals surface area contributed by atoms with Gasteiger partial charge in [0.25, 0.3) is 0 Å². The molecule has 0 bridgehead atoms. The zero-order valence-electron chi connectivity index (χ0n) is 12.4. The number of thioether (sulfide) groups is 1. The summed E-state index contributed by atoms with van der Waals surface area (Å²) >= 11 is 0.121. The van der Waals surface area contributed by atoms with Crippen molar-refractivity contribution in [3.63, 3.8) is 0 Å². The standard InChI is InChI=1S/C14H28F3NS/c1-4-7-8-13(6-3,12-18-10-5-2)9-11-19-14(15,16)17/h18H,4-12H2,1-3H3. The van der Waals surface area contributed by atoms with E-state index in [4.69, 9.17) is 0 Å². The zero-order valence-corrected chi connectivity index (χ0v) is 13.2. The summed E-state index contributed by atoms with van der Waals surface area (Å²) in [6, 6.07) is 0. The maximum atomic E-state index is 12.2. The lowest BCUT2D eigenvalue weighted by atomic mass is 9.77. The predicted molar refractivity (Wildman–Crippen MR) is 78.5 cm³/mol. The largest absolute Gasteiger partial charge is 0.441 e. The van der Waals surface area contributed by atoms with Gasteiger partial charge in [-0.3, -0.25) is 0 Å². The molecule has 0 radical (unpaired) electrons. The fourth-order valence-corrected chi connectivity index (χ4v) is 3.01. The van der Waals surface area contributed by atoms with Gasteiger partial charge in [-0.1, -0.05) is 45.4 Å². The lowest BCUT2D eigenvalue weighted by Gasteiger charge is -2.33. The van der Waals surface area contributed by atoms with Crippen LogP contribution in [0.3, 0.4) is 0 Å². The van der Waals surface area contributed by atoms with Crippen LogP contribution in [0.25, 0.3) is 0 Å². The Bertz CT molecular complexity index is 221. The van der Waals surface area contributed by atoms with Crippen molar-refractivity contribution >= 4 is 11.8 Å². The number of alkyl halides is 3. The Morgan fingerprint density at radius 1 is 1.00 bits per heavy atom. The average Bonchev–Trinajstić information content (AvgIpc) is 2.34. The Kier molecular flexibility index (Phi) is 9.97. The van der Waals surface area contributed by atoms with E-state index in [0.717, 1.165) is 45.2 Å². The molecule has 0 saturated heterocycles. The lowest BCUT2D eigenvalue weighted by molar-refractivity contribution is -0.0329. The molecule has 116 valence electrons. The first-order chi connectivity index (χ1) is 8.89. The van der Waals surface area contributed by atoms with Crippen molar-refractivity contribution in [1.82, 2.24) is 5.32 Å². The number of hydrogen-bond donors (Lipinski definition) is 1. The van der Waals surface area contributed by atoms with E-state index >= 15 is 0 Å². The highest BCUT2D eigenvalue weighted by molar-refractivity contribution is 8.00. The smallest absolute Gasteiger partial charge is 0.316 e. The first-order valence-corrected chi connectivity index (χ1v) is 8.29. The van der Waals surface area contributed by atoms with E-state index in [1.807, 2.05) is 0 Å². The molecule has 1 N–H and O–H groups in total. The van der Waals surface area contributed by atoms with Crippen LogP contribution in [-0.2, 0) is 0 Å². The minimum Gasteiger partial charge on any atom is -0.316 e. The van der Waals surface area contributed by atoms with Gasteiger partial charge in [-0.15, -0.1) is 0 Å². The van der Waals surface area contributed by atoms with E-state index < -0.39 is 5.51 Å². The Morgan fingerprint density at radius 2 is 1.68 bits per heavy atom. The second kappa shape index (κ2) is 9.92. The summed E-state index contributed by atoms with van der Waals surface area (Å²) in [6.45, 7) is 8.12. The topological polar surface area (TPSA) is 12.0 Å². The Labute approximate surface area is 120 Å². The maximum Gasteiger partial charge on any atom is 0.441 e. The summed E-state index contributed by atoms with van der Waals surface area (Å²) in [6.07, 6.45) is 5.87. The molecule has 19 heavy (non-hydrogen) atoms. The molecular weight excluding hydrogens is 271 g/mol. The zero-order chi connectivity index (χ0) is 14.8. The minimum atomic E-state index is -4.10. The van der Waals surface area contributed by atoms with Gasteiger partial charge < -0.3 is 5.32 Å². The van der Waals surface area contributed by atoms with Crippen LogP contribution in [0.2, 0.25) is 0 Å². The highest BCUT2D eigenvalue weighted by Gasteiger charge is 2.32. The van der Waals surface area contributed by atoms with E-state index in [0.29, 0.717) is 6.42 Å². The van der Waals surface area contributed by atoms with Gasteiger partial charge in [0.05, 0.1) is 0 Å². The molecule has 0 heterocycles. The second-order valence-electron chi connectivity index (χ2n) is 5.18. The number of rotatable bonds is 11. The monoisotopic (exact) mass is 299 g/mol. The van der Waals surface area contributed by atoms with Crippen molar-refractivity contribution in [3.8, 4) is 0 Å². The summed E-state index contributed by atoms with van der Waals surface area (Å²) in [7, 11) is 0. The van der Waals surface area contributed by atoms with Crippen molar-refractivity contribution in [2.24, 2.45) is 5.41 Å². The molecule has 0 aromatic carbocycles. The summed E-state index contributed by atoms with van der Waals surface area (Å²) in [4.78, 5) is 0. The molecular formula is C14H28F3NS. The highest BCUT2D eigenvalue weighted by atomic mass is 32.2. The molecule has 0 aromatic heterocycles. The van der Waals surface area contributed by atoms with E-state index in [1.165, 1.54) is 0 Å². The molecule has 0 aliphatic carbocycles. The molecule has 0 spiro atoms. The van der Waals surface area contributed by atoms with Gasteiger partial charge in [-0.05, 0) is 37.6 Å². The molecule has 5 heteroatoms. The van der Waals surface area contributed by atoms with Crippen molar-refractivity contribution < 1.29 is 13.2 Å². The lowest BCUT2D eigenvalue weighted by Crippen LogP contribution is -2.35. The third-order valence-electron chi connectivity index (χ3n) is 3.64. The van der Waals surface area contributed by atoms with E-state index in [2.05, 4.69) is 26.1 Å². The maximum absolute atomic E-state index is 12.2. The van der Waals surface area contributed by atoms with Gasteiger partial charge in [0.15, 0.2) is 0 Å². The molecule has 0 saturated carbocycles. The average molecular weight is 299 g/mol. The Hall–Kier alpha value is 0.1000. The predicted octanol–water partition coefficient (Wildman–Crippen LogP) is 5.22. The number of hydrogen-bond acceptors (Lipinski definition) is 2. The van der Waals surface area contributed by atoms with Crippen LogP contribution in [0.15, 0.2) is 0 Å². The molecule has 0 aromatic rings. The molecule has 1 unspecified atom stereocenters. The summed E-state index contributed by atoms with van der Waals surface area (Å²) in [5.74, 6) is 0.175. The summed E-state index contributed by atoms with van der Waals surface area (Å²) in [5.41, 5.74) is -4.06. The quantitative estimate of drug-likeness (QED) is 0.525. The van der Waals surface area contributed by atoms with Crippen LogP contribution in [0, 0.1) is 5.41 Å². The highest BCUT2D eigenvalue weighted by Crippen LogP contribution is 2.37. The number of nitrogens with one attached hydrogen (secondary N) is 1. The molecule has 0 aliphatic heterocycles. The van der Waals surface area contributed by atoms with Crippen molar-refractivity contribution in [3.05, 3.63) is 0 Å². The Morgan fingerprint density at radius 3 is 2.16 bits per heavy atom. The van der Waals surface area contributed by atoms with Gasteiger partial charge in [0.1, 0.15) is 0 Å². The van der Waals surface area contributed by atoms with Gasteiger partial charge >= 0.3 is 5.51 Å². The molecule has 0 aliphatic rings. The van der Waals surface area contributed by atoms with Gasteiger partial charge in [-0.25, -0.2) is 0 Å². The molecule has 1 atom stereocenters. The van der Waals surface area contributed by atoms with Crippen LogP contribution in [0.4, 0.5) is 13.2 Å². The molecule has 0 amide bonds. The number of halogens is 3. The van der Waals surface area contributed by atoms with Crippen LogP contribution < -0.4 is 5.32 Å². The Balaban J connectivity index is 4.35. The van der Waals surface area contributed by atoms with Gasteiger partial charge in [0, 0.05) is 12.3 Å². The fraction of sp³-hybridized carbons (Fsp3) is 1.00. The van der Waals surface area contributed by atoms with Crippen LogP contribution >= 0.6 is 11.8 Å². The summed E-state index contributed by atoms with van der Waals surface area (Å²) in [5, 5.41) is 3.39. The third-order valence-corrected chi connectivity index (χ3v) is 4.37. The third kappa shape index (κ3) is 9.61. The first kappa shape index (κ1) is 19.1. The van der Waals surface area contributed by atoms with Crippen LogP contribution in [0.5, 0.6) is 0 Å². The molecule has 1 nitrogen and oxygen atoms in total. The SMILES string of the molecule is CCCCC(CC)(CCSC(F)(F)F)CNCCC. The van der Waals surface area contributed by atoms with E-state index in [1.54, 1.807) is 0 Å². The normalized spacial score (nSPS) is 15.5. The number of unbranched alkanes of at least 4 members (excludes halogenated alkanes) is 1. The van der Waals surface area contributed by atoms with Crippen molar-refractivity contribution in [1.29, 1.82) is 0 Å². The molecule has 0 rings (SSSR count). The van der Waals surface area contributed by atoms with Gasteiger partial charge in [0.2, 0.25) is 0 Å². The second-order valence-corrected chi connectivity index (χ2v) is 6.34. The fourth-order valence-electron chi connectivity index (χ4n) is 2.25. The van der Waals surface area contributed by atoms with E-state index in [9.17, 15) is 13.2 Å². The first-order valence-electron chi connectivity index (χ1n) is 7.30. The summed E-state index contributed by atoms with van der Waals surface area (Å²) < 4.78 is 36.7. The van der Waals surface area contributed by atoms with Crippen LogP contribution in [-0.4, -0.2) is 24.4 Å². The van der Waals surface area contributed by atoms with Gasteiger partial charge in [-0.2, -0.15) is 13.2 Å². The molecule has 0 fully saturated rings. The van der Waals surface area contributed by atoms with E-state index in [-0.39, 0.29) is 22.9 Å². The minimum absolute atomic E-state index is 0.0312.